The van der Waals surface area contributed by atoms with Gasteiger partial charge in [0.1, 0.15) is 0 Å². The van der Waals surface area contributed by atoms with E-state index in [0.29, 0.717) is 44.3 Å². The maximum Gasteiger partial charge on any atom is 0.317 e. The first-order chi connectivity index (χ1) is 13.2. The Bertz CT molecular complexity index is 545. The predicted molar refractivity (Wildman–Crippen MR) is 93.4 cm³/mol. The molecule has 0 radical (unpaired) electrons. The summed E-state index contributed by atoms with van der Waals surface area (Å²) >= 11 is 0. The zero-order valence-corrected chi connectivity index (χ0v) is 15.6. The highest BCUT2D eigenvalue weighted by Crippen LogP contribution is 2.13. The van der Waals surface area contributed by atoms with E-state index in [9.17, 15) is 29.7 Å². The van der Waals surface area contributed by atoms with Crippen molar-refractivity contribution in [1.29, 1.82) is 0 Å². The number of carbonyl (C=O) groups is 3. The Hall–Kier alpha value is -1.67. The number of nitrogens with zero attached hydrogens (tertiary/aromatic N) is 4. The lowest BCUT2D eigenvalue weighted by atomic mass is 10.4. The summed E-state index contributed by atoms with van der Waals surface area (Å²) in [5, 5.41) is 38.2. The van der Waals surface area contributed by atoms with Crippen molar-refractivity contribution in [3.63, 3.8) is 0 Å². The first-order valence-electron chi connectivity index (χ1n) is 9.20. The minimum Gasteiger partial charge on any atom is -0.480 e. The van der Waals surface area contributed by atoms with E-state index < -0.39 is 30.4 Å². The van der Waals surface area contributed by atoms with Crippen LogP contribution in [0.15, 0.2) is 0 Å². The molecule has 0 aromatic heterocycles. The van der Waals surface area contributed by atoms with Crippen LogP contribution >= 0.6 is 0 Å². The van der Waals surface area contributed by atoms with Gasteiger partial charge in [-0.15, -0.1) is 0 Å². The van der Waals surface area contributed by atoms with Crippen molar-refractivity contribution in [3.05, 3.63) is 0 Å². The maximum atomic E-state index is 11.6. The zero-order chi connectivity index (χ0) is 20.7. The number of imide groups is 1. The molecule has 2 aliphatic heterocycles. The molecule has 0 aliphatic carbocycles. The minimum absolute atomic E-state index is 0.00743. The number of hydrogen-bond donors (Lipinski definition) is 4. The fourth-order valence-corrected chi connectivity index (χ4v) is 3.18. The van der Waals surface area contributed by atoms with Crippen LogP contribution in [0, 0.1) is 0 Å². The summed E-state index contributed by atoms with van der Waals surface area (Å²) in [6.07, 6.45) is -2.81. The van der Waals surface area contributed by atoms with Crippen LogP contribution in [0.1, 0.15) is 12.8 Å². The number of carbonyl (C=O) groups excluding carboxylic acids is 2. The molecule has 1 atom stereocenters. The van der Waals surface area contributed by atoms with Crippen molar-refractivity contribution >= 4 is 17.8 Å². The van der Waals surface area contributed by atoms with Crippen LogP contribution in [0.2, 0.25) is 0 Å². The van der Waals surface area contributed by atoms with Gasteiger partial charge in [-0.1, -0.05) is 0 Å². The lowest BCUT2D eigenvalue weighted by Crippen LogP contribution is -2.44. The third kappa shape index (κ3) is 7.39. The molecule has 2 fully saturated rings. The molecule has 2 heterocycles. The van der Waals surface area contributed by atoms with Gasteiger partial charge in [0.05, 0.1) is 13.1 Å². The van der Waals surface area contributed by atoms with Crippen LogP contribution < -0.4 is 0 Å². The molecule has 4 N–H and O–H groups in total. The smallest absolute Gasteiger partial charge is 0.317 e. The Labute approximate surface area is 162 Å². The number of aliphatic hydroxyl groups excluding tert-OH is 2. The van der Waals surface area contributed by atoms with E-state index in [1.165, 1.54) is 0 Å². The van der Waals surface area contributed by atoms with Crippen LogP contribution in [0.5, 0.6) is 0 Å². The van der Waals surface area contributed by atoms with Gasteiger partial charge in [-0.25, -0.2) is 4.84 Å². The van der Waals surface area contributed by atoms with Crippen LogP contribution in [-0.4, -0.2) is 129 Å². The molecule has 0 bridgehead atoms. The molecular weight excluding hydrogens is 376 g/mol. The van der Waals surface area contributed by atoms with E-state index in [2.05, 4.69) is 0 Å². The number of carboxylic acids is 1. The van der Waals surface area contributed by atoms with Gasteiger partial charge in [-0.05, 0) is 0 Å². The van der Waals surface area contributed by atoms with Crippen LogP contribution in [0.25, 0.3) is 0 Å². The van der Waals surface area contributed by atoms with Crippen molar-refractivity contribution in [2.75, 3.05) is 58.9 Å². The highest BCUT2D eigenvalue weighted by atomic mass is 16.8. The molecule has 0 aromatic carbocycles. The lowest BCUT2D eigenvalue weighted by Gasteiger charge is -2.28. The van der Waals surface area contributed by atoms with Crippen molar-refractivity contribution in [1.82, 2.24) is 19.8 Å². The predicted octanol–water partition coefficient (Wildman–Crippen LogP) is -3.30. The van der Waals surface area contributed by atoms with E-state index in [0.717, 1.165) is 0 Å². The number of aliphatic hydroxyl groups is 3. The first kappa shape index (κ1) is 22.6. The monoisotopic (exact) mass is 404 g/mol. The summed E-state index contributed by atoms with van der Waals surface area (Å²) in [5.41, 5.74) is 0. The van der Waals surface area contributed by atoms with Gasteiger partial charge in [0, 0.05) is 58.7 Å². The minimum atomic E-state index is -1.51. The molecular formula is C16H28N4O8. The number of rotatable bonds is 8. The van der Waals surface area contributed by atoms with E-state index in [1.54, 1.807) is 9.80 Å². The number of hydrogen-bond acceptors (Lipinski definition) is 10. The Balaban J connectivity index is 1.95. The van der Waals surface area contributed by atoms with Gasteiger partial charge in [-0.2, -0.15) is 5.06 Å². The van der Waals surface area contributed by atoms with Crippen molar-refractivity contribution in [2.24, 2.45) is 0 Å². The quantitative estimate of drug-likeness (QED) is 0.237. The second kappa shape index (κ2) is 10.8. The SMILES string of the molecule is O=C(O)CN1CCN(CC(O)O)CCN(CC(O)ON2C(=O)CCC2=O)CC1. The molecule has 2 amide bonds. The fraction of sp³-hybridized carbons (Fsp3) is 0.812. The van der Waals surface area contributed by atoms with Crippen molar-refractivity contribution in [2.45, 2.75) is 25.4 Å². The lowest BCUT2D eigenvalue weighted by molar-refractivity contribution is -0.247. The van der Waals surface area contributed by atoms with Crippen molar-refractivity contribution < 1.29 is 39.6 Å². The number of aliphatic carboxylic acids is 1. The second-order valence-corrected chi connectivity index (χ2v) is 6.89. The van der Waals surface area contributed by atoms with Gasteiger partial charge in [0.15, 0.2) is 12.6 Å². The maximum absolute atomic E-state index is 11.6. The van der Waals surface area contributed by atoms with Crippen LogP contribution in [-0.2, 0) is 19.2 Å². The fourth-order valence-electron chi connectivity index (χ4n) is 3.18. The third-order valence-electron chi connectivity index (χ3n) is 4.62. The molecule has 2 aliphatic rings. The third-order valence-corrected chi connectivity index (χ3v) is 4.62. The highest BCUT2D eigenvalue weighted by Gasteiger charge is 2.32. The molecule has 12 nitrogen and oxygen atoms in total. The Morgan fingerprint density at radius 1 is 0.857 bits per heavy atom. The molecule has 160 valence electrons. The summed E-state index contributed by atoms with van der Waals surface area (Å²) in [6, 6.07) is 0. The summed E-state index contributed by atoms with van der Waals surface area (Å²) in [5.74, 6) is -1.96. The highest BCUT2D eigenvalue weighted by molar-refractivity contribution is 6.00. The number of hydroxylamine groups is 2. The van der Waals surface area contributed by atoms with E-state index in [1.807, 2.05) is 4.90 Å². The molecule has 28 heavy (non-hydrogen) atoms. The summed E-state index contributed by atoms with van der Waals surface area (Å²) in [4.78, 5) is 44.6. The summed E-state index contributed by atoms with van der Waals surface area (Å²) in [6.45, 7) is 2.57. The standard InChI is InChI=1S/C16H28N4O8/c21-12-1-2-13(22)20(12)28-16(27)11-19-7-5-17(9-14(23)24)3-4-18(6-8-19)10-15(25)26/h14,16,23-24,27H,1-11H2,(H,25,26). The van der Waals surface area contributed by atoms with Gasteiger partial charge in [0.2, 0.25) is 0 Å². The average Bonchev–Trinajstić information content (AvgIpc) is 2.95. The second-order valence-electron chi connectivity index (χ2n) is 6.89. The zero-order valence-electron chi connectivity index (χ0n) is 15.6. The molecule has 2 saturated heterocycles. The Kier molecular flexibility index (Phi) is 8.69. The topological polar surface area (TPSA) is 154 Å². The number of amides is 2. The van der Waals surface area contributed by atoms with E-state index in [-0.39, 0.29) is 32.5 Å². The van der Waals surface area contributed by atoms with E-state index >= 15 is 0 Å². The summed E-state index contributed by atoms with van der Waals surface area (Å²) < 4.78 is 0. The van der Waals surface area contributed by atoms with Gasteiger partial charge in [0.25, 0.3) is 11.8 Å². The molecule has 0 spiro atoms. The largest absolute Gasteiger partial charge is 0.480 e. The molecule has 2 rings (SSSR count). The van der Waals surface area contributed by atoms with Gasteiger partial charge in [-0.3, -0.25) is 29.1 Å². The molecule has 0 aromatic rings. The number of carboxylic acid groups (broad SMARTS) is 1. The molecule has 12 heteroatoms. The van der Waals surface area contributed by atoms with Crippen molar-refractivity contribution in [3.8, 4) is 0 Å². The van der Waals surface area contributed by atoms with E-state index in [4.69, 9.17) is 9.94 Å². The molecule has 1 unspecified atom stereocenters. The molecule has 0 saturated carbocycles. The first-order valence-corrected chi connectivity index (χ1v) is 9.20. The summed E-state index contributed by atoms with van der Waals surface area (Å²) in [7, 11) is 0. The van der Waals surface area contributed by atoms with Crippen LogP contribution in [0.3, 0.4) is 0 Å². The van der Waals surface area contributed by atoms with Crippen LogP contribution in [0.4, 0.5) is 0 Å². The normalized spacial score (nSPS) is 22.4. The average molecular weight is 404 g/mol. The van der Waals surface area contributed by atoms with Gasteiger partial charge < -0.3 is 20.4 Å². The van der Waals surface area contributed by atoms with Gasteiger partial charge >= 0.3 is 5.97 Å². The Morgan fingerprint density at radius 2 is 1.32 bits per heavy atom. The Morgan fingerprint density at radius 3 is 1.79 bits per heavy atom. The number of β-amino-alcohol motifs (C(OH)–C–C–N with tert-alkyl or cyclic N) is 3.